The molecule has 0 aromatic heterocycles. The number of rotatable bonds is 8. The van der Waals surface area contributed by atoms with E-state index in [4.69, 9.17) is 9.47 Å². The summed E-state index contributed by atoms with van der Waals surface area (Å²) < 4.78 is 11.9. The monoisotopic (exact) mass is 390 g/mol. The van der Waals surface area contributed by atoms with Crippen LogP contribution in [-0.4, -0.2) is 51.1 Å². The Kier molecular flexibility index (Phi) is 5.07. The molecule has 2 atom stereocenters. The molecule has 0 radical (unpaired) electrons. The molecule has 3 aliphatic rings. The molecule has 2 aromatic rings. The van der Waals surface area contributed by atoms with Crippen molar-refractivity contribution in [2.75, 3.05) is 39.4 Å². The molecule has 150 valence electrons. The summed E-state index contributed by atoms with van der Waals surface area (Å²) in [6.45, 7) is 5.06. The van der Waals surface area contributed by atoms with E-state index in [0.717, 1.165) is 80.1 Å². The van der Waals surface area contributed by atoms with Crippen molar-refractivity contribution in [2.24, 2.45) is 21.8 Å². The Morgan fingerprint density at radius 3 is 1.52 bits per heavy atom. The van der Waals surface area contributed by atoms with Gasteiger partial charge in [0.15, 0.2) is 0 Å². The molecule has 1 saturated carbocycles. The van der Waals surface area contributed by atoms with Crippen LogP contribution in [0.2, 0.25) is 0 Å². The van der Waals surface area contributed by atoms with Crippen molar-refractivity contribution < 1.29 is 9.47 Å². The van der Waals surface area contributed by atoms with Crippen LogP contribution >= 0.6 is 0 Å². The zero-order valence-corrected chi connectivity index (χ0v) is 16.4. The number of hydrogen-bond donors (Lipinski definition) is 2. The van der Waals surface area contributed by atoms with Crippen molar-refractivity contribution in [2.45, 2.75) is 6.42 Å². The second-order valence-corrected chi connectivity index (χ2v) is 7.74. The first-order chi connectivity index (χ1) is 14.3. The first-order valence-corrected chi connectivity index (χ1v) is 10.4. The fraction of sp³-hybridized carbons (Fsp3) is 0.391. The van der Waals surface area contributed by atoms with Gasteiger partial charge in [0.1, 0.15) is 23.2 Å². The number of benzene rings is 2. The van der Waals surface area contributed by atoms with Crippen molar-refractivity contribution in [3.8, 4) is 11.5 Å². The zero-order chi connectivity index (χ0) is 19.5. The molecule has 29 heavy (non-hydrogen) atoms. The first kappa shape index (κ1) is 18.0. The van der Waals surface area contributed by atoms with Gasteiger partial charge in [-0.15, -0.1) is 0 Å². The maximum absolute atomic E-state index is 5.97. The van der Waals surface area contributed by atoms with E-state index in [-0.39, 0.29) is 0 Å². The molecule has 2 aromatic carbocycles. The molecular formula is C23H26N4O2. The summed E-state index contributed by atoms with van der Waals surface area (Å²) in [6, 6.07) is 16.4. The standard InChI is InChI=1S/C23H26N4O2/c1-5-20(6-2-16(1)22-24-9-10-25-22)28-14-18-13-19(18)15-29-21-7-3-17(4-8-21)23-26-11-12-27-23/h1-8,18-19H,9-15H2,(H,24,25)(H,26,27)/t18-,19?/m0/s1. The highest BCUT2D eigenvalue weighted by atomic mass is 16.5. The van der Waals surface area contributed by atoms with Gasteiger partial charge in [-0.05, 0) is 66.8 Å². The summed E-state index contributed by atoms with van der Waals surface area (Å²) in [5.41, 5.74) is 2.24. The summed E-state index contributed by atoms with van der Waals surface area (Å²) in [4.78, 5) is 8.88. The van der Waals surface area contributed by atoms with Gasteiger partial charge in [-0.1, -0.05) is 0 Å². The second-order valence-electron chi connectivity index (χ2n) is 7.74. The Bertz CT molecular complexity index is 830. The Labute approximate surface area is 171 Å². The molecule has 1 aliphatic carbocycles. The molecule has 2 heterocycles. The highest BCUT2D eigenvalue weighted by Gasteiger charge is 2.38. The van der Waals surface area contributed by atoms with Gasteiger partial charge in [0.2, 0.25) is 0 Å². The minimum Gasteiger partial charge on any atom is -0.493 e. The van der Waals surface area contributed by atoms with Crippen LogP contribution in [0.25, 0.3) is 0 Å². The van der Waals surface area contributed by atoms with E-state index in [1.807, 2.05) is 24.3 Å². The van der Waals surface area contributed by atoms with Gasteiger partial charge in [-0.3, -0.25) is 9.98 Å². The molecule has 0 spiro atoms. The van der Waals surface area contributed by atoms with Gasteiger partial charge in [0.25, 0.3) is 0 Å². The van der Waals surface area contributed by atoms with Gasteiger partial charge >= 0.3 is 0 Å². The first-order valence-electron chi connectivity index (χ1n) is 10.4. The fourth-order valence-corrected chi connectivity index (χ4v) is 3.73. The number of nitrogens with one attached hydrogen (secondary N) is 2. The maximum atomic E-state index is 5.97. The average molecular weight is 390 g/mol. The lowest BCUT2D eigenvalue weighted by Gasteiger charge is -2.09. The summed E-state index contributed by atoms with van der Waals surface area (Å²) in [5, 5.41) is 6.58. The summed E-state index contributed by atoms with van der Waals surface area (Å²) >= 11 is 0. The minimum atomic E-state index is 0.576. The van der Waals surface area contributed by atoms with E-state index >= 15 is 0 Å². The van der Waals surface area contributed by atoms with Crippen molar-refractivity contribution in [1.82, 2.24) is 10.6 Å². The van der Waals surface area contributed by atoms with Crippen LogP contribution in [0.1, 0.15) is 17.5 Å². The van der Waals surface area contributed by atoms with Crippen LogP contribution in [0.5, 0.6) is 11.5 Å². The lowest BCUT2D eigenvalue weighted by molar-refractivity contribution is 0.256. The van der Waals surface area contributed by atoms with E-state index in [1.165, 1.54) is 0 Å². The van der Waals surface area contributed by atoms with Crippen LogP contribution < -0.4 is 20.1 Å². The van der Waals surface area contributed by atoms with Crippen LogP contribution in [0, 0.1) is 11.8 Å². The number of amidine groups is 2. The Hall–Kier alpha value is -3.02. The van der Waals surface area contributed by atoms with Crippen molar-refractivity contribution >= 4 is 11.7 Å². The van der Waals surface area contributed by atoms with Gasteiger partial charge < -0.3 is 20.1 Å². The molecule has 6 nitrogen and oxygen atoms in total. The normalized spacial score (nSPS) is 22.3. The highest BCUT2D eigenvalue weighted by Crippen LogP contribution is 2.39. The predicted octanol–water partition coefficient (Wildman–Crippen LogP) is 2.48. The molecular weight excluding hydrogens is 364 g/mol. The molecule has 0 amide bonds. The topological polar surface area (TPSA) is 67.2 Å². The van der Waals surface area contributed by atoms with Crippen molar-refractivity contribution in [1.29, 1.82) is 0 Å². The summed E-state index contributed by atoms with van der Waals surface area (Å²) in [6.07, 6.45) is 1.16. The van der Waals surface area contributed by atoms with Gasteiger partial charge in [0.05, 0.1) is 26.3 Å². The van der Waals surface area contributed by atoms with E-state index < -0.39 is 0 Å². The van der Waals surface area contributed by atoms with E-state index in [9.17, 15) is 0 Å². The lowest BCUT2D eigenvalue weighted by Crippen LogP contribution is -2.19. The van der Waals surface area contributed by atoms with Gasteiger partial charge in [-0.2, -0.15) is 0 Å². The SMILES string of the molecule is c1cc(C2=NCCN2)ccc1OCC1C[C@H]1COc1ccc(C2=NCCN2)cc1. The van der Waals surface area contributed by atoms with Crippen molar-refractivity contribution in [3.05, 3.63) is 59.7 Å². The third kappa shape index (κ3) is 4.36. The highest BCUT2D eigenvalue weighted by molar-refractivity contribution is 6.00. The predicted molar refractivity (Wildman–Crippen MR) is 114 cm³/mol. The molecule has 0 bridgehead atoms. The van der Waals surface area contributed by atoms with Gasteiger partial charge in [0, 0.05) is 24.2 Å². The quantitative estimate of drug-likeness (QED) is 0.727. The molecule has 2 aliphatic heterocycles. The lowest BCUT2D eigenvalue weighted by atomic mass is 10.2. The molecule has 0 saturated heterocycles. The number of aliphatic imine (C=N–C) groups is 2. The van der Waals surface area contributed by atoms with Crippen LogP contribution in [0.15, 0.2) is 58.5 Å². The van der Waals surface area contributed by atoms with Crippen LogP contribution in [0.4, 0.5) is 0 Å². The minimum absolute atomic E-state index is 0.576. The number of ether oxygens (including phenoxy) is 2. The zero-order valence-electron chi connectivity index (χ0n) is 16.4. The molecule has 6 heteroatoms. The largest absolute Gasteiger partial charge is 0.493 e. The molecule has 1 fully saturated rings. The van der Waals surface area contributed by atoms with E-state index in [1.54, 1.807) is 0 Å². The molecule has 1 unspecified atom stereocenters. The Balaban J connectivity index is 1.04. The smallest absolute Gasteiger partial charge is 0.128 e. The van der Waals surface area contributed by atoms with Crippen LogP contribution in [-0.2, 0) is 0 Å². The summed E-state index contributed by atoms with van der Waals surface area (Å²) in [7, 11) is 0. The summed E-state index contributed by atoms with van der Waals surface area (Å²) in [5.74, 6) is 4.95. The Morgan fingerprint density at radius 1 is 0.690 bits per heavy atom. The van der Waals surface area contributed by atoms with Gasteiger partial charge in [-0.25, -0.2) is 0 Å². The third-order valence-electron chi connectivity index (χ3n) is 5.60. The van der Waals surface area contributed by atoms with Crippen LogP contribution in [0.3, 0.4) is 0 Å². The number of nitrogens with zero attached hydrogens (tertiary/aromatic N) is 2. The molecule has 5 rings (SSSR count). The van der Waals surface area contributed by atoms with Crippen molar-refractivity contribution in [3.63, 3.8) is 0 Å². The molecule has 2 N–H and O–H groups in total. The Morgan fingerprint density at radius 2 is 1.14 bits per heavy atom. The second kappa shape index (κ2) is 8.15. The fourth-order valence-electron chi connectivity index (χ4n) is 3.73. The van der Waals surface area contributed by atoms with E-state index in [0.29, 0.717) is 11.8 Å². The third-order valence-corrected chi connectivity index (χ3v) is 5.60. The average Bonchev–Trinajstić information content (AvgIpc) is 3.18. The maximum Gasteiger partial charge on any atom is 0.128 e. The number of hydrogen-bond acceptors (Lipinski definition) is 6. The van der Waals surface area contributed by atoms with E-state index in [2.05, 4.69) is 44.9 Å².